The van der Waals surface area contributed by atoms with Crippen molar-refractivity contribution in [2.24, 2.45) is 12.9 Å². The van der Waals surface area contributed by atoms with Crippen LogP contribution in [0.3, 0.4) is 0 Å². The molecule has 2 heterocycles. The quantitative estimate of drug-likeness (QED) is 0.586. The van der Waals surface area contributed by atoms with Crippen LogP contribution < -0.4 is 11.3 Å². The molecule has 0 bridgehead atoms. The highest BCUT2D eigenvalue weighted by Gasteiger charge is 2.08. The fraction of sp³-hybridized carbons (Fsp3) is 0.300. The van der Waals surface area contributed by atoms with Gasteiger partial charge < -0.3 is 5.43 Å². The molecule has 0 saturated carbocycles. The number of nitrogens with one attached hydrogen (secondary N) is 1. The predicted molar refractivity (Wildman–Crippen MR) is 61.4 cm³/mol. The van der Waals surface area contributed by atoms with Gasteiger partial charge in [-0.2, -0.15) is 5.10 Å². The fourth-order valence-electron chi connectivity index (χ4n) is 1.46. The Morgan fingerprint density at radius 3 is 2.81 bits per heavy atom. The zero-order valence-electron chi connectivity index (χ0n) is 9.31. The monoisotopic (exact) mass is 218 g/mol. The van der Waals surface area contributed by atoms with Crippen LogP contribution in [0.15, 0.2) is 18.3 Å². The Balaban J connectivity index is 2.52. The van der Waals surface area contributed by atoms with E-state index in [1.807, 2.05) is 26.1 Å². The number of nitrogens with zero attached hydrogens (tertiary/aromatic N) is 4. The van der Waals surface area contributed by atoms with Crippen molar-refractivity contribution in [2.75, 3.05) is 5.43 Å². The molecule has 84 valence electrons. The lowest BCUT2D eigenvalue weighted by Gasteiger charge is -2.06. The van der Waals surface area contributed by atoms with Crippen LogP contribution in [0.5, 0.6) is 0 Å². The average molecular weight is 218 g/mol. The van der Waals surface area contributed by atoms with Gasteiger partial charge >= 0.3 is 0 Å². The maximum absolute atomic E-state index is 5.37. The molecule has 0 unspecified atom stereocenters. The van der Waals surface area contributed by atoms with E-state index in [0.717, 1.165) is 17.8 Å². The number of hydrazine groups is 1. The van der Waals surface area contributed by atoms with Crippen molar-refractivity contribution in [3.8, 4) is 11.5 Å². The van der Waals surface area contributed by atoms with E-state index in [0.29, 0.717) is 11.6 Å². The van der Waals surface area contributed by atoms with E-state index in [4.69, 9.17) is 5.84 Å². The lowest BCUT2D eigenvalue weighted by molar-refractivity contribution is 0.768. The molecule has 16 heavy (non-hydrogen) atoms. The molecule has 2 aromatic heterocycles. The molecular formula is C10H14N6. The first-order valence-electron chi connectivity index (χ1n) is 5.07. The standard InChI is InChI=1S/C10H14N6/c1-3-7-6-9(15-11)14-10(13-7)8-4-5-12-16(8)2/h4-6H,3,11H2,1-2H3,(H,13,14,15). The van der Waals surface area contributed by atoms with Crippen molar-refractivity contribution in [1.29, 1.82) is 0 Å². The van der Waals surface area contributed by atoms with E-state index >= 15 is 0 Å². The molecule has 6 nitrogen and oxygen atoms in total. The van der Waals surface area contributed by atoms with Crippen LogP contribution in [-0.2, 0) is 13.5 Å². The molecular weight excluding hydrogens is 204 g/mol. The topological polar surface area (TPSA) is 81.6 Å². The summed E-state index contributed by atoms with van der Waals surface area (Å²) >= 11 is 0. The molecule has 0 atom stereocenters. The second kappa shape index (κ2) is 4.28. The van der Waals surface area contributed by atoms with E-state index in [1.165, 1.54) is 0 Å². The minimum Gasteiger partial charge on any atom is -0.308 e. The van der Waals surface area contributed by atoms with Gasteiger partial charge in [-0.15, -0.1) is 0 Å². The van der Waals surface area contributed by atoms with Crippen LogP contribution in [0, 0.1) is 0 Å². The Kier molecular flexibility index (Phi) is 2.82. The van der Waals surface area contributed by atoms with Gasteiger partial charge in [0, 0.05) is 25.0 Å². The van der Waals surface area contributed by atoms with Crippen LogP contribution in [0.4, 0.5) is 5.82 Å². The number of aromatic nitrogens is 4. The number of nitrogen functional groups attached to an aromatic ring is 1. The summed E-state index contributed by atoms with van der Waals surface area (Å²) in [4.78, 5) is 8.73. The van der Waals surface area contributed by atoms with Gasteiger partial charge in [0.2, 0.25) is 0 Å². The van der Waals surface area contributed by atoms with Crippen LogP contribution in [0.25, 0.3) is 11.5 Å². The van der Waals surface area contributed by atoms with E-state index < -0.39 is 0 Å². The first-order chi connectivity index (χ1) is 7.74. The average Bonchev–Trinajstić information content (AvgIpc) is 2.74. The number of hydrogen-bond acceptors (Lipinski definition) is 5. The summed E-state index contributed by atoms with van der Waals surface area (Å²) in [5.74, 6) is 6.62. The van der Waals surface area contributed by atoms with Crippen LogP contribution in [0.1, 0.15) is 12.6 Å². The summed E-state index contributed by atoms with van der Waals surface area (Å²) in [5, 5.41) is 4.09. The summed E-state index contributed by atoms with van der Waals surface area (Å²) in [6.07, 6.45) is 2.55. The van der Waals surface area contributed by atoms with E-state index in [-0.39, 0.29) is 0 Å². The lowest BCUT2D eigenvalue weighted by Crippen LogP contribution is -2.11. The van der Waals surface area contributed by atoms with Gasteiger partial charge in [0.15, 0.2) is 5.82 Å². The minimum atomic E-state index is 0.614. The minimum absolute atomic E-state index is 0.614. The molecule has 0 aliphatic heterocycles. The van der Waals surface area contributed by atoms with E-state index in [9.17, 15) is 0 Å². The number of rotatable bonds is 3. The Hall–Kier alpha value is -1.95. The van der Waals surface area contributed by atoms with Crippen molar-refractivity contribution in [1.82, 2.24) is 19.7 Å². The lowest BCUT2D eigenvalue weighted by atomic mass is 10.3. The third-order valence-corrected chi connectivity index (χ3v) is 2.34. The van der Waals surface area contributed by atoms with Crippen molar-refractivity contribution in [3.05, 3.63) is 24.0 Å². The highest BCUT2D eigenvalue weighted by molar-refractivity contribution is 5.52. The zero-order chi connectivity index (χ0) is 11.5. The number of nitrogens with two attached hydrogens (primary N) is 1. The Morgan fingerprint density at radius 1 is 1.44 bits per heavy atom. The summed E-state index contributed by atoms with van der Waals surface area (Å²) < 4.78 is 1.73. The third kappa shape index (κ3) is 1.87. The molecule has 0 amide bonds. The van der Waals surface area contributed by atoms with Gasteiger partial charge in [-0.05, 0) is 12.5 Å². The molecule has 0 fully saturated rings. The van der Waals surface area contributed by atoms with E-state index in [2.05, 4.69) is 20.5 Å². The molecule has 0 aliphatic carbocycles. The SMILES string of the molecule is CCc1cc(NN)nc(-c2ccnn2C)n1. The molecule has 2 rings (SSSR count). The Bertz CT molecular complexity index is 468. The summed E-state index contributed by atoms with van der Waals surface area (Å²) in [7, 11) is 1.85. The maximum atomic E-state index is 5.37. The summed E-state index contributed by atoms with van der Waals surface area (Å²) in [6.45, 7) is 2.04. The van der Waals surface area contributed by atoms with Crippen molar-refractivity contribution < 1.29 is 0 Å². The molecule has 2 aromatic rings. The number of anilines is 1. The van der Waals surface area contributed by atoms with Gasteiger partial charge in [0.1, 0.15) is 11.5 Å². The van der Waals surface area contributed by atoms with Gasteiger partial charge in [0.05, 0.1) is 0 Å². The zero-order valence-corrected chi connectivity index (χ0v) is 9.31. The smallest absolute Gasteiger partial charge is 0.180 e. The van der Waals surface area contributed by atoms with Crippen LogP contribution >= 0.6 is 0 Å². The normalized spacial score (nSPS) is 10.4. The number of aryl methyl sites for hydroxylation is 2. The van der Waals surface area contributed by atoms with Gasteiger partial charge in [-0.1, -0.05) is 6.92 Å². The van der Waals surface area contributed by atoms with Gasteiger partial charge in [-0.25, -0.2) is 15.8 Å². The molecule has 6 heteroatoms. The molecule has 0 spiro atoms. The fourth-order valence-corrected chi connectivity index (χ4v) is 1.46. The van der Waals surface area contributed by atoms with E-state index in [1.54, 1.807) is 10.9 Å². The highest BCUT2D eigenvalue weighted by Crippen LogP contribution is 2.16. The third-order valence-electron chi connectivity index (χ3n) is 2.34. The summed E-state index contributed by atoms with van der Waals surface area (Å²) in [5.41, 5.74) is 4.35. The van der Waals surface area contributed by atoms with Crippen molar-refractivity contribution >= 4 is 5.82 Å². The highest BCUT2D eigenvalue weighted by atomic mass is 15.3. The Labute approximate surface area is 93.5 Å². The maximum Gasteiger partial charge on any atom is 0.180 e. The van der Waals surface area contributed by atoms with Crippen LogP contribution in [-0.4, -0.2) is 19.7 Å². The van der Waals surface area contributed by atoms with Crippen LogP contribution in [0.2, 0.25) is 0 Å². The number of hydrogen-bond donors (Lipinski definition) is 2. The molecule has 0 saturated heterocycles. The van der Waals surface area contributed by atoms with Crippen molar-refractivity contribution in [2.45, 2.75) is 13.3 Å². The molecule has 0 aromatic carbocycles. The predicted octanol–water partition coefficient (Wildman–Crippen LogP) is 0.725. The molecule has 0 radical (unpaired) electrons. The van der Waals surface area contributed by atoms with Gasteiger partial charge in [0.25, 0.3) is 0 Å². The summed E-state index contributed by atoms with van der Waals surface area (Å²) in [6, 6.07) is 3.70. The first-order valence-corrected chi connectivity index (χ1v) is 5.07. The second-order valence-corrected chi connectivity index (χ2v) is 3.41. The molecule has 0 aliphatic rings. The first kappa shape index (κ1) is 10.6. The Morgan fingerprint density at radius 2 is 2.25 bits per heavy atom. The largest absolute Gasteiger partial charge is 0.308 e. The molecule has 3 N–H and O–H groups in total. The second-order valence-electron chi connectivity index (χ2n) is 3.41. The van der Waals surface area contributed by atoms with Gasteiger partial charge in [-0.3, -0.25) is 4.68 Å². The van der Waals surface area contributed by atoms with Crippen molar-refractivity contribution in [3.63, 3.8) is 0 Å².